The standard InChI is InChI=1S/C11H13N5O4/c1-6-4-15(14-10(6)16(18)19)5-8-3-9(7(2)20-8)11(17)13-12/h3-4H,5,12H2,1-2H3,(H,13,17). The summed E-state index contributed by atoms with van der Waals surface area (Å²) in [4.78, 5) is 21.6. The molecule has 2 rings (SSSR count). The van der Waals surface area contributed by atoms with Crippen LogP contribution in [0.3, 0.4) is 0 Å². The number of carbonyl (C=O) groups excluding carboxylic acids is 1. The van der Waals surface area contributed by atoms with Gasteiger partial charge in [-0.3, -0.25) is 10.2 Å². The van der Waals surface area contributed by atoms with Gasteiger partial charge < -0.3 is 14.5 Å². The lowest BCUT2D eigenvalue weighted by Crippen LogP contribution is -2.30. The molecule has 0 aliphatic carbocycles. The Hall–Kier alpha value is -2.68. The van der Waals surface area contributed by atoms with Crippen molar-refractivity contribution in [3.63, 3.8) is 0 Å². The molecule has 0 aliphatic heterocycles. The zero-order valence-electron chi connectivity index (χ0n) is 10.9. The molecular weight excluding hydrogens is 266 g/mol. The number of nitrogen functional groups attached to an aromatic ring is 1. The van der Waals surface area contributed by atoms with Gasteiger partial charge in [0.25, 0.3) is 5.91 Å². The number of hydrazine groups is 1. The van der Waals surface area contributed by atoms with Gasteiger partial charge in [0.05, 0.1) is 22.4 Å². The number of aromatic nitrogens is 2. The molecule has 0 atom stereocenters. The van der Waals surface area contributed by atoms with Gasteiger partial charge in [0.15, 0.2) is 0 Å². The van der Waals surface area contributed by atoms with E-state index in [1.165, 1.54) is 10.7 Å². The Morgan fingerprint density at radius 1 is 1.60 bits per heavy atom. The smallest absolute Gasteiger partial charge is 0.392 e. The van der Waals surface area contributed by atoms with Gasteiger partial charge in [-0.15, -0.1) is 0 Å². The van der Waals surface area contributed by atoms with Gasteiger partial charge in [0.1, 0.15) is 18.1 Å². The van der Waals surface area contributed by atoms with Gasteiger partial charge in [0, 0.05) is 0 Å². The molecule has 2 aromatic heterocycles. The number of nitrogens with two attached hydrogens (primary N) is 1. The third-order valence-corrected chi connectivity index (χ3v) is 2.75. The molecular formula is C11H13N5O4. The highest BCUT2D eigenvalue weighted by Gasteiger charge is 2.19. The Bertz CT molecular complexity index is 672. The second-order valence-electron chi connectivity index (χ2n) is 4.25. The number of amides is 1. The lowest BCUT2D eigenvalue weighted by Gasteiger charge is -1.93. The number of nitrogens with one attached hydrogen (secondary N) is 1. The molecule has 106 valence electrons. The van der Waals surface area contributed by atoms with Crippen molar-refractivity contribution in [3.8, 4) is 0 Å². The average molecular weight is 279 g/mol. The van der Waals surface area contributed by atoms with Crippen LogP contribution in [-0.4, -0.2) is 20.6 Å². The molecule has 0 radical (unpaired) electrons. The summed E-state index contributed by atoms with van der Waals surface area (Å²) in [6.07, 6.45) is 1.54. The average Bonchev–Trinajstić information content (AvgIpc) is 2.92. The van der Waals surface area contributed by atoms with Crippen LogP contribution in [0.4, 0.5) is 5.82 Å². The monoisotopic (exact) mass is 279 g/mol. The number of furan rings is 1. The molecule has 0 saturated heterocycles. The van der Waals surface area contributed by atoms with Crippen molar-refractivity contribution < 1.29 is 14.1 Å². The summed E-state index contributed by atoms with van der Waals surface area (Å²) in [6, 6.07) is 1.53. The summed E-state index contributed by atoms with van der Waals surface area (Å²) in [5, 5.41) is 14.6. The van der Waals surface area contributed by atoms with Crippen molar-refractivity contribution in [2.24, 2.45) is 5.84 Å². The molecule has 9 nitrogen and oxygen atoms in total. The van der Waals surface area contributed by atoms with Crippen molar-refractivity contribution in [2.45, 2.75) is 20.4 Å². The fourth-order valence-corrected chi connectivity index (χ4v) is 1.86. The third kappa shape index (κ3) is 2.52. The summed E-state index contributed by atoms with van der Waals surface area (Å²) in [6.45, 7) is 3.42. The Balaban J connectivity index is 2.24. The number of hydrogen-bond donors (Lipinski definition) is 2. The first-order valence-electron chi connectivity index (χ1n) is 5.71. The highest BCUT2D eigenvalue weighted by atomic mass is 16.6. The number of carbonyl (C=O) groups is 1. The van der Waals surface area contributed by atoms with Crippen LogP contribution in [-0.2, 0) is 6.54 Å². The van der Waals surface area contributed by atoms with Gasteiger partial charge in [-0.1, -0.05) is 0 Å². The quantitative estimate of drug-likeness (QED) is 0.366. The van der Waals surface area contributed by atoms with E-state index in [2.05, 4.69) is 5.10 Å². The minimum Gasteiger partial charge on any atom is -0.463 e. The van der Waals surface area contributed by atoms with Crippen LogP contribution in [0.25, 0.3) is 0 Å². The predicted octanol–water partition coefficient (Wildman–Crippen LogP) is 0.653. The minimum atomic E-state index is -0.549. The highest BCUT2D eigenvalue weighted by Crippen LogP contribution is 2.18. The number of rotatable bonds is 4. The molecule has 0 fully saturated rings. The Labute approximate surface area is 113 Å². The maximum atomic E-state index is 11.4. The molecule has 2 heterocycles. The maximum absolute atomic E-state index is 11.4. The molecule has 3 N–H and O–H groups in total. The van der Waals surface area contributed by atoms with E-state index in [0.717, 1.165) is 0 Å². The summed E-state index contributed by atoms with van der Waals surface area (Å²) in [5.41, 5.74) is 2.79. The van der Waals surface area contributed by atoms with Gasteiger partial charge in [-0.25, -0.2) is 5.84 Å². The van der Waals surface area contributed by atoms with Crippen LogP contribution in [0.2, 0.25) is 0 Å². The fourth-order valence-electron chi connectivity index (χ4n) is 1.86. The van der Waals surface area contributed by atoms with Crippen LogP contribution >= 0.6 is 0 Å². The van der Waals surface area contributed by atoms with E-state index in [-0.39, 0.29) is 12.4 Å². The Morgan fingerprint density at radius 2 is 2.30 bits per heavy atom. The number of aryl methyl sites for hydroxylation is 2. The zero-order chi connectivity index (χ0) is 14.9. The van der Waals surface area contributed by atoms with Gasteiger partial charge in [-0.05, 0) is 24.8 Å². The zero-order valence-corrected chi connectivity index (χ0v) is 10.9. The van der Waals surface area contributed by atoms with Gasteiger partial charge in [-0.2, -0.15) is 4.68 Å². The molecule has 0 spiro atoms. The van der Waals surface area contributed by atoms with Crippen LogP contribution in [0.5, 0.6) is 0 Å². The number of nitrogens with zero attached hydrogens (tertiary/aromatic N) is 3. The van der Waals surface area contributed by atoms with Crippen LogP contribution < -0.4 is 11.3 Å². The van der Waals surface area contributed by atoms with E-state index in [9.17, 15) is 14.9 Å². The molecule has 9 heteroatoms. The topological polar surface area (TPSA) is 129 Å². The van der Waals surface area contributed by atoms with E-state index in [1.54, 1.807) is 20.0 Å². The fraction of sp³-hybridized carbons (Fsp3) is 0.273. The lowest BCUT2D eigenvalue weighted by molar-refractivity contribution is -0.390. The SMILES string of the molecule is Cc1cn(Cc2cc(C(=O)NN)c(C)o2)nc1[N+](=O)[O-]. The van der Waals surface area contributed by atoms with Gasteiger partial charge >= 0.3 is 5.82 Å². The summed E-state index contributed by atoms with van der Waals surface area (Å²) in [7, 11) is 0. The lowest BCUT2D eigenvalue weighted by atomic mass is 10.2. The van der Waals surface area contributed by atoms with Crippen molar-refractivity contribution in [1.82, 2.24) is 15.2 Å². The van der Waals surface area contributed by atoms with E-state index in [0.29, 0.717) is 22.6 Å². The van der Waals surface area contributed by atoms with E-state index in [4.69, 9.17) is 10.3 Å². The van der Waals surface area contributed by atoms with Crippen LogP contribution in [0.1, 0.15) is 27.4 Å². The first-order chi connectivity index (χ1) is 9.42. The molecule has 1 amide bonds. The van der Waals surface area contributed by atoms with Crippen molar-refractivity contribution in [1.29, 1.82) is 0 Å². The molecule has 0 saturated carbocycles. The largest absolute Gasteiger partial charge is 0.463 e. The summed E-state index contributed by atoms with van der Waals surface area (Å²) >= 11 is 0. The first-order valence-corrected chi connectivity index (χ1v) is 5.71. The van der Waals surface area contributed by atoms with E-state index in [1.807, 2.05) is 5.43 Å². The van der Waals surface area contributed by atoms with E-state index >= 15 is 0 Å². The number of nitro groups is 1. The summed E-state index contributed by atoms with van der Waals surface area (Å²) in [5.74, 6) is 5.27. The Kier molecular flexibility index (Phi) is 3.53. The van der Waals surface area contributed by atoms with Crippen molar-refractivity contribution >= 4 is 11.7 Å². The molecule has 0 aliphatic rings. The van der Waals surface area contributed by atoms with Crippen LogP contribution in [0.15, 0.2) is 16.7 Å². The highest BCUT2D eigenvalue weighted by molar-refractivity contribution is 5.94. The summed E-state index contributed by atoms with van der Waals surface area (Å²) < 4.78 is 6.79. The van der Waals surface area contributed by atoms with Crippen molar-refractivity contribution in [2.75, 3.05) is 0 Å². The van der Waals surface area contributed by atoms with Crippen LogP contribution in [0, 0.1) is 24.0 Å². The third-order valence-electron chi connectivity index (χ3n) is 2.75. The molecule has 0 bridgehead atoms. The van der Waals surface area contributed by atoms with Gasteiger partial charge in [0.2, 0.25) is 0 Å². The van der Waals surface area contributed by atoms with Crippen molar-refractivity contribution in [3.05, 3.63) is 45.0 Å². The second kappa shape index (κ2) is 5.13. The minimum absolute atomic E-state index is 0.188. The molecule has 0 aromatic carbocycles. The van der Waals surface area contributed by atoms with E-state index < -0.39 is 10.8 Å². The normalized spacial score (nSPS) is 10.6. The maximum Gasteiger partial charge on any atom is 0.392 e. The second-order valence-corrected chi connectivity index (χ2v) is 4.25. The first kappa shape index (κ1) is 13.7. The predicted molar refractivity (Wildman–Crippen MR) is 67.8 cm³/mol. The molecule has 2 aromatic rings. The molecule has 20 heavy (non-hydrogen) atoms. The molecule has 0 unspecified atom stereocenters. The Morgan fingerprint density at radius 3 is 2.85 bits per heavy atom. The number of hydrogen-bond acceptors (Lipinski definition) is 6.